The van der Waals surface area contributed by atoms with Gasteiger partial charge in [0.05, 0.1) is 0 Å². The molecule has 1 N–H and O–H groups in total. The number of aromatic hydroxyl groups is 1. The van der Waals surface area contributed by atoms with Crippen LogP contribution in [0.1, 0.15) is 54.4 Å². The number of amides is 1. The first kappa shape index (κ1) is 16.8. The number of fused-ring (bicyclic) bond motifs is 1. The predicted molar refractivity (Wildman–Crippen MR) is 89.8 cm³/mol. The van der Waals surface area contributed by atoms with Crippen LogP contribution in [0.3, 0.4) is 0 Å². The topological polar surface area (TPSA) is 66.8 Å². The fraction of sp³-hybridized carbons (Fsp3) is 0.579. The molecule has 0 unspecified atom stereocenters. The zero-order valence-corrected chi connectivity index (χ0v) is 14.2. The lowest BCUT2D eigenvalue weighted by atomic mass is 9.78. The van der Waals surface area contributed by atoms with Crippen molar-refractivity contribution in [1.29, 1.82) is 0 Å². The summed E-state index contributed by atoms with van der Waals surface area (Å²) in [5, 5.41) is 9.83. The molecule has 2 fully saturated rings. The van der Waals surface area contributed by atoms with Crippen LogP contribution >= 0.6 is 0 Å². The second-order valence-corrected chi connectivity index (χ2v) is 6.94. The Balaban J connectivity index is 1.59. The summed E-state index contributed by atoms with van der Waals surface area (Å²) < 4.78 is 5.15. The largest absolute Gasteiger partial charge is 0.507 e. The van der Waals surface area contributed by atoms with E-state index in [9.17, 15) is 14.7 Å². The van der Waals surface area contributed by atoms with E-state index in [1.165, 1.54) is 37.8 Å². The van der Waals surface area contributed by atoms with Crippen molar-refractivity contribution < 1.29 is 19.4 Å². The lowest BCUT2D eigenvalue weighted by Gasteiger charge is -2.44. The maximum atomic E-state index is 12.5. The molecule has 1 aliphatic heterocycles. The van der Waals surface area contributed by atoms with Gasteiger partial charge in [-0.05, 0) is 56.2 Å². The quantitative estimate of drug-likeness (QED) is 0.865. The van der Waals surface area contributed by atoms with Gasteiger partial charge >= 0.3 is 5.97 Å². The molecule has 0 aromatic heterocycles. The molecule has 0 spiro atoms. The normalized spacial score (nSPS) is 23.5. The first-order valence-electron chi connectivity index (χ1n) is 8.82. The molecule has 5 heteroatoms. The summed E-state index contributed by atoms with van der Waals surface area (Å²) in [7, 11) is 0. The monoisotopic (exact) mass is 331 g/mol. The average Bonchev–Trinajstić information content (AvgIpc) is 2.59. The van der Waals surface area contributed by atoms with E-state index in [4.69, 9.17) is 4.74 Å². The molecule has 3 rings (SSSR count). The Bertz CT molecular complexity index is 626. The Morgan fingerprint density at radius 2 is 1.96 bits per heavy atom. The number of likely N-dealkylation sites (tertiary alicyclic amines) is 1. The molecular weight excluding hydrogens is 306 g/mol. The van der Waals surface area contributed by atoms with Crippen molar-refractivity contribution in [2.24, 2.45) is 5.92 Å². The number of hydrogen-bond donors (Lipinski definition) is 1. The zero-order valence-electron chi connectivity index (χ0n) is 14.2. The molecule has 0 bridgehead atoms. The summed E-state index contributed by atoms with van der Waals surface area (Å²) in [5.74, 6) is -0.282. The van der Waals surface area contributed by atoms with Crippen LogP contribution < -0.4 is 0 Å². The van der Waals surface area contributed by atoms with Gasteiger partial charge in [0, 0.05) is 12.6 Å². The fourth-order valence-corrected chi connectivity index (χ4v) is 4.04. The van der Waals surface area contributed by atoms with Crippen LogP contribution in [0.4, 0.5) is 0 Å². The minimum atomic E-state index is -0.655. The minimum absolute atomic E-state index is 0.0996. The molecule has 1 aromatic rings. The summed E-state index contributed by atoms with van der Waals surface area (Å²) in [4.78, 5) is 26.5. The molecule has 1 heterocycles. The van der Waals surface area contributed by atoms with Gasteiger partial charge in [0.15, 0.2) is 6.61 Å². The van der Waals surface area contributed by atoms with E-state index >= 15 is 0 Å². The molecule has 1 saturated heterocycles. The lowest BCUT2D eigenvalue weighted by molar-refractivity contribution is -0.140. The molecular formula is C19H25NO4. The molecule has 0 radical (unpaired) electrons. The van der Waals surface area contributed by atoms with Crippen LogP contribution in [0, 0.1) is 12.8 Å². The van der Waals surface area contributed by atoms with Crippen molar-refractivity contribution in [1.82, 2.24) is 4.90 Å². The van der Waals surface area contributed by atoms with Crippen molar-refractivity contribution in [3.05, 3.63) is 29.3 Å². The van der Waals surface area contributed by atoms with E-state index in [0.717, 1.165) is 24.9 Å². The highest BCUT2D eigenvalue weighted by Gasteiger charge is 2.35. The smallest absolute Gasteiger partial charge is 0.342 e. The molecule has 1 saturated carbocycles. The fourth-order valence-electron chi connectivity index (χ4n) is 4.04. The van der Waals surface area contributed by atoms with Crippen LogP contribution in [-0.4, -0.2) is 41.1 Å². The van der Waals surface area contributed by atoms with E-state index < -0.39 is 5.97 Å². The molecule has 5 nitrogen and oxygen atoms in total. The van der Waals surface area contributed by atoms with Crippen LogP contribution in [0.5, 0.6) is 5.75 Å². The third-order valence-electron chi connectivity index (χ3n) is 5.26. The van der Waals surface area contributed by atoms with Crippen molar-refractivity contribution in [2.45, 2.75) is 51.5 Å². The van der Waals surface area contributed by atoms with Crippen molar-refractivity contribution in [3.63, 3.8) is 0 Å². The van der Waals surface area contributed by atoms with Crippen molar-refractivity contribution in [3.8, 4) is 5.75 Å². The number of piperidine rings is 1. The van der Waals surface area contributed by atoms with Gasteiger partial charge in [-0.2, -0.15) is 0 Å². The number of benzene rings is 1. The van der Waals surface area contributed by atoms with Gasteiger partial charge < -0.3 is 14.7 Å². The van der Waals surface area contributed by atoms with E-state index in [-0.39, 0.29) is 23.8 Å². The van der Waals surface area contributed by atoms with Gasteiger partial charge in [0.25, 0.3) is 5.91 Å². The Kier molecular flexibility index (Phi) is 5.07. The van der Waals surface area contributed by atoms with Crippen LogP contribution in [0.15, 0.2) is 18.2 Å². The minimum Gasteiger partial charge on any atom is -0.507 e. The Hall–Kier alpha value is -2.04. The first-order valence-corrected chi connectivity index (χ1v) is 8.82. The number of nitrogens with zero attached hydrogens (tertiary/aromatic N) is 1. The Labute approximate surface area is 142 Å². The third kappa shape index (κ3) is 3.55. The molecule has 130 valence electrons. The molecule has 1 aliphatic carbocycles. The molecule has 2 aliphatic rings. The molecule has 2 atom stereocenters. The van der Waals surface area contributed by atoms with Crippen LogP contribution in [0.25, 0.3) is 0 Å². The van der Waals surface area contributed by atoms with Crippen molar-refractivity contribution in [2.75, 3.05) is 13.2 Å². The van der Waals surface area contributed by atoms with Crippen molar-refractivity contribution >= 4 is 11.9 Å². The number of hydrogen-bond acceptors (Lipinski definition) is 4. The highest BCUT2D eigenvalue weighted by Crippen LogP contribution is 2.35. The number of aryl methyl sites for hydroxylation is 1. The first-order chi connectivity index (χ1) is 11.6. The average molecular weight is 331 g/mol. The lowest BCUT2D eigenvalue weighted by Crippen LogP contribution is -2.50. The second kappa shape index (κ2) is 7.24. The zero-order chi connectivity index (χ0) is 17.1. The van der Waals surface area contributed by atoms with E-state index in [1.807, 2.05) is 11.8 Å². The molecule has 24 heavy (non-hydrogen) atoms. The summed E-state index contributed by atoms with van der Waals surface area (Å²) in [6, 6.07) is 5.08. The summed E-state index contributed by atoms with van der Waals surface area (Å²) >= 11 is 0. The SMILES string of the molecule is Cc1ccc(C(=O)OCC(=O)N2CCC[C@@H]3CCCC[C@H]32)c(O)c1. The van der Waals surface area contributed by atoms with E-state index in [1.54, 1.807) is 6.07 Å². The summed E-state index contributed by atoms with van der Waals surface area (Å²) in [6.07, 6.45) is 6.91. The van der Waals surface area contributed by atoms with E-state index in [2.05, 4.69) is 0 Å². The summed E-state index contributed by atoms with van der Waals surface area (Å²) in [5.41, 5.74) is 0.958. The Morgan fingerprint density at radius 3 is 2.75 bits per heavy atom. The number of phenolic OH excluding ortho intramolecular Hbond substituents is 1. The number of ether oxygens (including phenoxy) is 1. The standard InChI is InChI=1S/C19H25NO4/c1-13-8-9-15(17(21)11-13)19(23)24-12-18(22)20-10-4-6-14-5-2-3-7-16(14)20/h8-9,11,14,16,21H,2-7,10,12H2,1H3/t14-,16+/m0/s1. The maximum Gasteiger partial charge on any atom is 0.342 e. The van der Waals surface area contributed by atoms with Gasteiger partial charge in [-0.3, -0.25) is 4.79 Å². The predicted octanol–water partition coefficient (Wildman–Crippen LogP) is 3.04. The number of phenols is 1. The number of esters is 1. The van der Waals surface area contributed by atoms with E-state index in [0.29, 0.717) is 12.0 Å². The number of rotatable bonds is 3. The summed E-state index contributed by atoms with van der Waals surface area (Å²) in [6.45, 7) is 2.33. The third-order valence-corrected chi connectivity index (χ3v) is 5.26. The van der Waals surface area contributed by atoms with Crippen LogP contribution in [-0.2, 0) is 9.53 Å². The van der Waals surface area contributed by atoms with Gasteiger partial charge in [-0.1, -0.05) is 18.9 Å². The highest BCUT2D eigenvalue weighted by molar-refractivity contribution is 5.94. The molecule has 1 amide bonds. The van der Waals surface area contributed by atoms with Gasteiger partial charge in [-0.25, -0.2) is 4.79 Å². The number of carbonyl (C=O) groups excluding carboxylic acids is 2. The molecule has 1 aromatic carbocycles. The van der Waals surface area contributed by atoms with Crippen LogP contribution in [0.2, 0.25) is 0 Å². The van der Waals surface area contributed by atoms with Gasteiger partial charge in [-0.15, -0.1) is 0 Å². The maximum absolute atomic E-state index is 12.5. The number of carbonyl (C=O) groups is 2. The van der Waals surface area contributed by atoms with Gasteiger partial charge in [0.2, 0.25) is 0 Å². The second-order valence-electron chi connectivity index (χ2n) is 6.94. The highest BCUT2D eigenvalue weighted by atomic mass is 16.5. The Morgan fingerprint density at radius 1 is 1.21 bits per heavy atom. The van der Waals surface area contributed by atoms with Gasteiger partial charge in [0.1, 0.15) is 11.3 Å².